The zero-order chi connectivity index (χ0) is 11.4. The monoisotopic (exact) mass is 212 g/mol. The molecule has 0 atom stereocenters. The van der Waals surface area contributed by atoms with Crippen LogP contribution in [0.15, 0.2) is 0 Å². The van der Waals surface area contributed by atoms with Crippen molar-refractivity contribution in [1.82, 2.24) is 15.1 Å². The van der Waals surface area contributed by atoms with E-state index in [2.05, 4.69) is 10.4 Å². The molecule has 0 aromatic carbocycles. The molecule has 0 spiro atoms. The van der Waals surface area contributed by atoms with Crippen LogP contribution >= 0.6 is 0 Å². The lowest BCUT2D eigenvalue weighted by molar-refractivity contribution is 0.303. The van der Waals surface area contributed by atoms with E-state index >= 15 is 0 Å². The largest absolute Gasteiger partial charge is 0.395 e. The molecule has 0 aliphatic heterocycles. The molecule has 0 fully saturated rings. The number of aromatic nitrogens is 2. The first-order valence-corrected chi connectivity index (χ1v) is 5.10. The van der Waals surface area contributed by atoms with Crippen LogP contribution in [0.3, 0.4) is 0 Å². The number of hydrogen-bond acceptors (Lipinski definition) is 4. The van der Waals surface area contributed by atoms with E-state index < -0.39 is 0 Å². The number of rotatable bonds is 5. The summed E-state index contributed by atoms with van der Waals surface area (Å²) in [6, 6.07) is 0. The third kappa shape index (κ3) is 2.49. The van der Waals surface area contributed by atoms with Crippen LogP contribution in [0.4, 0.5) is 5.82 Å². The average molecular weight is 212 g/mol. The van der Waals surface area contributed by atoms with Crippen molar-refractivity contribution in [3.8, 4) is 0 Å². The van der Waals surface area contributed by atoms with E-state index in [1.54, 1.807) is 0 Å². The summed E-state index contributed by atoms with van der Waals surface area (Å²) in [4.78, 5) is 2.02. The summed E-state index contributed by atoms with van der Waals surface area (Å²) in [6.07, 6.45) is 0. The molecule has 5 heteroatoms. The van der Waals surface area contributed by atoms with Crippen molar-refractivity contribution in [1.29, 1.82) is 0 Å². The van der Waals surface area contributed by atoms with Gasteiger partial charge < -0.3 is 15.3 Å². The Morgan fingerprint density at radius 3 is 2.73 bits per heavy atom. The van der Waals surface area contributed by atoms with E-state index in [0.29, 0.717) is 6.54 Å². The Morgan fingerprint density at radius 2 is 2.20 bits per heavy atom. The molecular weight excluding hydrogens is 192 g/mol. The van der Waals surface area contributed by atoms with Crippen molar-refractivity contribution in [2.24, 2.45) is 7.05 Å². The van der Waals surface area contributed by atoms with Gasteiger partial charge in [0.05, 0.1) is 12.3 Å². The van der Waals surface area contributed by atoms with Crippen molar-refractivity contribution < 1.29 is 5.11 Å². The molecule has 0 aliphatic carbocycles. The molecule has 1 rings (SSSR count). The lowest BCUT2D eigenvalue weighted by atomic mass is 10.2. The predicted octanol–water partition coefficient (Wildman–Crippen LogP) is -0.124. The molecule has 0 aliphatic rings. The maximum absolute atomic E-state index is 8.93. The topological polar surface area (TPSA) is 53.3 Å². The first-order chi connectivity index (χ1) is 7.11. The minimum Gasteiger partial charge on any atom is -0.395 e. The van der Waals surface area contributed by atoms with Gasteiger partial charge in [-0.25, -0.2) is 0 Å². The highest BCUT2D eigenvalue weighted by molar-refractivity contribution is 5.49. The van der Waals surface area contributed by atoms with Crippen molar-refractivity contribution in [3.05, 3.63) is 11.3 Å². The van der Waals surface area contributed by atoms with Crippen LogP contribution in [0.25, 0.3) is 0 Å². The van der Waals surface area contributed by atoms with Crippen molar-refractivity contribution in [2.45, 2.75) is 13.5 Å². The first-order valence-electron chi connectivity index (χ1n) is 5.10. The minimum absolute atomic E-state index is 0.153. The fraction of sp³-hybridized carbons (Fsp3) is 0.700. The number of aliphatic hydroxyl groups excluding tert-OH is 1. The number of aryl methyl sites for hydroxylation is 2. The van der Waals surface area contributed by atoms with Gasteiger partial charge in [-0.2, -0.15) is 5.10 Å². The highest BCUT2D eigenvalue weighted by Crippen LogP contribution is 2.21. The molecule has 0 bridgehead atoms. The Kier molecular flexibility index (Phi) is 4.11. The number of nitrogens with zero attached hydrogens (tertiary/aromatic N) is 3. The average Bonchev–Trinajstić information content (AvgIpc) is 2.43. The second kappa shape index (κ2) is 5.14. The van der Waals surface area contributed by atoms with Crippen LogP contribution in [0.1, 0.15) is 11.3 Å². The quantitative estimate of drug-likeness (QED) is 0.714. The standard InChI is InChI=1S/C10H20N4O/c1-8-9(7-11-2)10(14(4)12-8)13(3)5-6-15/h11,15H,5-7H2,1-4H3. The molecule has 0 saturated carbocycles. The Morgan fingerprint density at radius 1 is 1.53 bits per heavy atom. The van der Waals surface area contributed by atoms with E-state index in [0.717, 1.165) is 18.1 Å². The normalized spacial score (nSPS) is 10.7. The van der Waals surface area contributed by atoms with Crippen LogP contribution in [-0.2, 0) is 13.6 Å². The van der Waals surface area contributed by atoms with Gasteiger partial charge in [0.15, 0.2) is 0 Å². The van der Waals surface area contributed by atoms with Crippen molar-refractivity contribution in [3.63, 3.8) is 0 Å². The number of likely N-dealkylation sites (N-methyl/N-ethyl adjacent to an activating group) is 1. The van der Waals surface area contributed by atoms with Crippen LogP contribution in [0, 0.1) is 6.92 Å². The van der Waals surface area contributed by atoms with E-state index in [1.165, 1.54) is 5.56 Å². The first kappa shape index (κ1) is 12.0. The summed E-state index contributed by atoms with van der Waals surface area (Å²) in [7, 11) is 5.81. The SMILES string of the molecule is CNCc1c(C)nn(C)c1N(C)CCO. The highest BCUT2D eigenvalue weighted by Gasteiger charge is 2.15. The molecule has 1 aromatic rings. The van der Waals surface area contributed by atoms with E-state index in [-0.39, 0.29) is 6.61 Å². The fourth-order valence-corrected chi connectivity index (χ4v) is 1.81. The van der Waals surface area contributed by atoms with Crippen LogP contribution in [0.5, 0.6) is 0 Å². The number of hydrogen-bond donors (Lipinski definition) is 2. The molecule has 1 heterocycles. The molecule has 0 saturated heterocycles. The Balaban J connectivity index is 3.02. The molecule has 0 radical (unpaired) electrons. The Hall–Kier alpha value is -1.07. The summed E-state index contributed by atoms with van der Waals surface area (Å²) in [6.45, 7) is 3.57. The van der Waals surface area contributed by atoms with Crippen LogP contribution in [0.2, 0.25) is 0 Å². The zero-order valence-electron chi connectivity index (χ0n) is 9.91. The third-order valence-corrected chi connectivity index (χ3v) is 2.46. The third-order valence-electron chi connectivity index (χ3n) is 2.46. The lowest BCUT2D eigenvalue weighted by Gasteiger charge is -2.19. The Labute approximate surface area is 90.7 Å². The number of anilines is 1. The van der Waals surface area contributed by atoms with Gasteiger partial charge in [-0.1, -0.05) is 0 Å². The highest BCUT2D eigenvalue weighted by atomic mass is 16.3. The maximum Gasteiger partial charge on any atom is 0.131 e. The molecule has 86 valence electrons. The van der Waals surface area contributed by atoms with Crippen molar-refractivity contribution >= 4 is 5.82 Å². The van der Waals surface area contributed by atoms with Gasteiger partial charge in [0.25, 0.3) is 0 Å². The van der Waals surface area contributed by atoms with E-state index in [4.69, 9.17) is 5.11 Å². The molecule has 0 unspecified atom stereocenters. The zero-order valence-corrected chi connectivity index (χ0v) is 9.91. The summed E-state index contributed by atoms with van der Waals surface area (Å²) in [5, 5.41) is 16.4. The van der Waals surface area contributed by atoms with Gasteiger partial charge in [-0.15, -0.1) is 0 Å². The Bertz CT molecular complexity index is 321. The van der Waals surface area contributed by atoms with Gasteiger partial charge in [0.1, 0.15) is 5.82 Å². The predicted molar refractivity (Wildman–Crippen MR) is 61.1 cm³/mol. The van der Waals surface area contributed by atoms with Gasteiger partial charge in [0, 0.05) is 32.7 Å². The molecular formula is C10H20N4O. The van der Waals surface area contributed by atoms with Gasteiger partial charge in [-0.05, 0) is 14.0 Å². The fourth-order valence-electron chi connectivity index (χ4n) is 1.81. The summed E-state index contributed by atoms with van der Waals surface area (Å²) < 4.78 is 1.86. The number of nitrogens with one attached hydrogen (secondary N) is 1. The molecule has 2 N–H and O–H groups in total. The second-order valence-corrected chi connectivity index (χ2v) is 3.69. The number of aliphatic hydroxyl groups is 1. The van der Waals surface area contributed by atoms with E-state index in [1.807, 2.05) is 37.6 Å². The molecule has 1 aromatic heterocycles. The maximum atomic E-state index is 8.93. The van der Waals surface area contributed by atoms with Gasteiger partial charge in [-0.3, -0.25) is 4.68 Å². The molecule has 0 amide bonds. The van der Waals surface area contributed by atoms with Crippen LogP contribution in [-0.4, -0.2) is 42.1 Å². The van der Waals surface area contributed by atoms with Crippen LogP contribution < -0.4 is 10.2 Å². The summed E-state index contributed by atoms with van der Waals surface area (Å²) in [5.74, 6) is 1.07. The second-order valence-electron chi connectivity index (χ2n) is 3.69. The minimum atomic E-state index is 0.153. The van der Waals surface area contributed by atoms with E-state index in [9.17, 15) is 0 Å². The molecule has 5 nitrogen and oxygen atoms in total. The molecule has 15 heavy (non-hydrogen) atoms. The van der Waals surface area contributed by atoms with Gasteiger partial charge in [0.2, 0.25) is 0 Å². The summed E-state index contributed by atoms with van der Waals surface area (Å²) >= 11 is 0. The van der Waals surface area contributed by atoms with Crippen molar-refractivity contribution in [2.75, 3.05) is 32.1 Å². The lowest BCUT2D eigenvalue weighted by Crippen LogP contribution is -2.25. The smallest absolute Gasteiger partial charge is 0.131 e. The summed E-state index contributed by atoms with van der Waals surface area (Å²) in [5.41, 5.74) is 2.22. The van der Waals surface area contributed by atoms with Gasteiger partial charge >= 0.3 is 0 Å².